The van der Waals surface area contributed by atoms with Gasteiger partial charge in [0.1, 0.15) is 5.01 Å². The van der Waals surface area contributed by atoms with Crippen LogP contribution >= 0.6 is 35.3 Å². The zero-order chi connectivity index (χ0) is 17.9. The van der Waals surface area contributed by atoms with E-state index < -0.39 is 0 Å². The molecular weight excluding hydrogens is 469 g/mol. The Morgan fingerprint density at radius 2 is 2.04 bits per heavy atom. The molecule has 2 atom stereocenters. The van der Waals surface area contributed by atoms with Crippen molar-refractivity contribution in [3.8, 4) is 10.6 Å². The van der Waals surface area contributed by atoms with Gasteiger partial charge in [0, 0.05) is 43.2 Å². The second-order valence-electron chi connectivity index (χ2n) is 7.35. The van der Waals surface area contributed by atoms with Crippen molar-refractivity contribution in [3.05, 3.63) is 41.4 Å². The quantitative estimate of drug-likeness (QED) is 0.377. The molecule has 0 spiro atoms. The molecule has 2 aromatic rings. The lowest BCUT2D eigenvalue weighted by molar-refractivity contribution is 0.315. The second-order valence-corrected chi connectivity index (χ2v) is 8.21. The van der Waals surface area contributed by atoms with Crippen LogP contribution in [0.3, 0.4) is 0 Å². The van der Waals surface area contributed by atoms with Crippen LogP contribution in [-0.2, 0) is 6.54 Å². The minimum atomic E-state index is 0. The van der Waals surface area contributed by atoms with Crippen LogP contribution in [0.25, 0.3) is 10.6 Å². The molecule has 1 saturated carbocycles. The van der Waals surface area contributed by atoms with E-state index in [1.54, 1.807) is 11.3 Å². The van der Waals surface area contributed by atoms with Crippen molar-refractivity contribution in [1.29, 1.82) is 0 Å². The molecule has 4 rings (SSSR count). The van der Waals surface area contributed by atoms with E-state index in [1.807, 2.05) is 25.2 Å². The van der Waals surface area contributed by atoms with Crippen LogP contribution < -0.4 is 10.6 Å². The van der Waals surface area contributed by atoms with Gasteiger partial charge in [0.05, 0.1) is 12.2 Å². The van der Waals surface area contributed by atoms with Crippen molar-refractivity contribution in [3.63, 3.8) is 0 Å². The number of rotatable bonds is 5. The molecule has 0 radical (unpaired) electrons. The van der Waals surface area contributed by atoms with Crippen LogP contribution in [0.1, 0.15) is 25.5 Å². The molecule has 1 aliphatic carbocycles. The SMILES string of the molecule is CN=C(NCc1csc(-c2ccccc2)n1)NC1CN(C2CC2)CC1C.I. The normalized spacial score (nSPS) is 23.1. The maximum absolute atomic E-state index is 4.74. The van der Waals surface area contributed by atoms with Crippen molar-refractivity contribution >= 4 is 41.3 Å². The Balaban J connectivity index is 0.00000210. The molecule has 146 valence electrons. The molecule has 1 aliphatic heterocycles. The first-order valence-corrected chi connectivity index (χ1v) is 10.3. The summed E-state index contributed by atoms with van der Waals surface area (Å²) in [6, 6.07) is 11.6. The zero-order valence-electron chi connectivity index (χ0n) is 15.9. The number of likely N-dealkylation sites (tertiary alicyclic amines) is 1. The molecule has 0 amide bonds. The van der Waals surface area contributed by atoms with Crippen molar-refractivity contribution < 1.29 is 0 Å². The van der Waals surface area contributed by atoms with E-state index in [1.165, 1.54) is 24.9 Å². The monoisotopic (exact) mass is 497 g/mol. The van der Waals surface area contributed by atoms with Gasteiger partial charge in [-0.25, -0.2) is 4.98 Å². The Bertz CT molecular complexity index is 759. The highest BCUT2D eigenvalue weighted by Crippen LogP contribution is 2.31. The van der Waals surface area contributed by atoms with Gasteiger partial charge in [0.25, 0.3) is 0 Å². The fourth-order valence-electron chi connectivity index (χ4n) is 3.58. The average molecular weight is 497 g/mol. The maximum atomic E-state index is 4.74. The van der Waals surface area contributed by atoms with Gasteiger partial charge in [-0.15, -0.1) is 35.3 Å². The first kappa shape index (κ1) is 20.5. The van der Waals surface area contributed by atoms with E-state index in [9.17, 15) is 0 Å². The highest BCUT2D eigenvalue weighted by Gasteiger charge is 2.38. The van der Waals surface area contributed by atoms with Gasteiger partial charge in [0.2, 0.25) is 0 Å². The first-order valence-electron chi connectivity index (χ1n) is 9.44. The van der Waals surface area contributed by atoms with Gasteiger partial charge in [-0.1, -0.05) is 37.3 Å². The van der Waals surface area contributed by atoms with Crippen LogP contribution in [-0.4, -0.2) is 48.1 Å². The largest absolute Gasteiger partial charge is 0.352 e. The lowest BCUT2D eigenvalue weighted by Crippen LogP contribution is -2.46. The Kier molecular flexibility index (Phi) is 7.10. The van der Waals surface area contributed by atoms with Gasteiger partial charge >= 0.3 is 0 Å². The summed E-state index contributed by atoms with van der Waals surface area (Å²) in [6.45, 7) is 5.35. The van der Waals surface area contributed by atoms with Crippen LogP contribution in [0.15, 0.2) is 40.7 Å². The lowest BCUT2D eigenvalue weighted by Gasteiger charge is -2.20. The minimum absolute atomic E-state index is 0. The van der Waals surface area contributed by atoms with Gasteiger partial charge in [-0.2, -0.15) is 0 Å². The average Bonchev–Trinajstić information content (AvgIpc) is 3.30. The number of hydrogen-bond donors (Lipinski definition) is 2. The van der Waals surface area contributed by atoms with Gasteiger partial charge in [-0.3, -0.25) is 9.89 Å². The summed E-state index contributed by atoms with van der Waals surface area (Å²) in [5.74, 6) is 1.52. The molecule has 0 bridgehead atoms. The summed E-state index contributed by atoms with van der Waals surface area (Å²) in [4.78, 5) is 11.8. The molecule has 1 saturated heterocycles. The molecule has 2 fully saturated rings. The summed E-state index contributed by atoms with van der Waals surface area (Å²) in [7, 11) is 1.84. The van der Waals surface area contributed by atoms with E-state index in [2.05, 4.69) is 45.0 Å². The Hall–Kier alpha value is -1.19. The first-order chi connectivity index (χ1) is 12.7. The molecular formula is C20H28IN5S. The van der Waals surface area contributed by atoms with Crippen molar-refractivity contribution in [2.24, 2.45) is 10.9 Å². The van der Waals surface area contributed by atoms with Crippen LogP contribution in [0.4, 0.5) is 0 Å². The number of guanidine groups is 1. The third-order valence-corrected chi connectivity index (χ3v) is 6.20. The molecule has 1 aromatic carbocycles. The highest BCUT2D eigenvalue weighted by atomic mass is 127. The van der Waals surface area contributed by atoms with E-state index in [-0.39, 0.29) is 24.0 Å². The van der Waals surface area contributed by atoms with E-state index in [0.29, 0.717) is 18.5 Å². The second kappa shape index (κ2) is 9.34. The van der Waals surface area contributed by atoms with Crippen LogP contribution in [0, 0.1) is 5.92 Å². The lowest BCUT2D eigenvalue weighted by atomic mass is 10.1. The number of aliphatic imine (C=N–C) groups is 1. The molecule has 7 heteroatoms. The van der Waals surface area contributed by atoms with E-state index in [0.717, 1.165) is 29.2 Å². The van der Waals surface area contributed by atoms with E-state index in [4.69, 9.17) is 4.98 Å². The smallest absolute Gasteiger partial charge is 0.191 e. The summed E-state index contributed by atoms with van der Waals surface area (Å²) < 4.78 is 0. The summed E-state index contributed by atoms with van der Waals surface area (Å²) in [6.07, 6.45) is 2.75. The maximum Gasteiger partial charge on any atom is 0.191 e. The molecule has 2 aliphatic rings. The Morgan fingerprint density at radius 1 is 1.26 bits per heavy atom. The molecule has 5 nitrogen and oxygen atoms in total. The number of aromatic nitrogens is 1. The zero-order valence-corrected chi connectivity index (χ0v) is 19.0. The van der Waals surface area contributed by atoms with Crippen molar-refractivity contribution in [2.45, 2.75) is 38.4 Å². The van der Waals surface area contributed by atoms with Gasteiger partial charge in [0.15, 0.2) is 5.96 Å². The minimum Gasteiger partial charge on any atom is -0.352 e. The number of nitrogens with one attached hydrogen (secondary N) is 2. The molecule has 1 aromatic heterocycles. The number of thiazole rings is 1. The van der Waals surface area contributed by atoms with Crippen LogP contribution in [0.2, 0.25) is 0 Å². The van der Waals surface area contributed by atoms with E-state index >= 15 is 0 Å². The summed E-state index contributed by atoms with van der Waals surface area (Å²) in [5, 5.41) is 10.2. The topological polar surface area (TPSA) is 52.6 Å². The van der Waals surface area contributed by atoms with Crippen LogP contribution in [0.5, 0.6) is 0 Å². The molecule has 2 N–H and O–H groups in total. The standard InChI is InChI=1S/C20H27N5S.HI/c1-14-11-25(17-8-9-17)12-18(14)24-20(21-2)22-10-16-13-26-19(23-16)15-6-4-3-5-7-15;/h3-7,13-14,17-18H,8-12H2,1-2H3,(H2,21,22,24);1H. The van der Waals surface area contributed by atoms with Gasteiger partial charge in [-0.05, 0) is 18.8 Å². The van der Waals surface area contributed by atoms with Crippen molar-refractivity contribution in [1.82, 2.24) is 20.5 Å². The Morgan fingerprint density at radius 3 is 2.74 bits per heavy atom. The molecule has 27 heavy (non-hydrogen) atoms. The number of hydrogen-bond acceptors (Lipinski definition) is 4. The number of halogens is 1. The summed E-state index contributed by atoms with van der Waals surface area (Å²) in [5.41, 5.74) is 2.22. The molecule has 2 heterocycles. The molecule has 2 unspecified atom stereocenters. The summed E-state index contributed by atoms with van der Waals surface area (Å²) >= 11 is 1.69. The Labute approximate surface area is 182 Å². The fraction of sp³-hybridized carbons (Fsp3) is 0.500. The highest BCUT2D eigenvalue weighted by molar-refractivity contribution is 14.0. The predicted molar refractivity (Wildman–Crippen MR) is 124 cm³/mol. The predicted octanol–water partition coefficient (Wildman–Crippen LogP) is 3.58. The fourth-order valence-corrected chi connectivity index (χ4v) is 4.40. The van der Waals surface area contributed by atoms with Crippen molar-refractivity contribution in [2.75, 3.05) is 20.1 Å². The number of nitrogens with zero attached hydrogens (tertiary/aromatic N) is 3. The number of benzene rings is 1. The third-order valence-electron chi connectivity index (χ3n) is 5.26. The third kappa shape index (κ3) is 5.20. The van der Waals surface area contributed by atoms with Gasteiger partial charge < -0.3 is 10.6 Å².